The molecule has 76 valence electrons. The van der Waals surface area contributed by atoms with Crippen molar-refractivity contribution in [3.05, 3.63) is 0 Å². The molecule has 3 atom stereocenters. The van der Waals surface area contributed by atoms with E-state index in [-0.39, 0.29) is 23.9 Å². The summed E-state index contributed by atoms with van der Waals surface area (Å²) in [6.45, 7) is 4.27. The fraction of sp³-hybridized carbons (Fsp3) is 0.900. The molecule has 1 aliphatic rings. The lowest BCUT2D eigenvalue weighted by molar-refractivity contribution is -0.152. The van der Waals surface area contributed by atoms with Crippen LogP contribution in [0.4, 0.5) is 0 Å². The molecule has 1 aliphatic carbocycles. The molecule has 1 fully saturated rings. The third-order valence-electron chi connectivity index (χ3n) is 2.73. The highest BCUT2D eigenvalue weighted by Gasteiger charge is 2.32. The van der Waals surface area contributed by atoms with Gasteiger partial charge in [0.05, 0.1) is 18.6 Å². The minimum absolute atomic E-state index is 0.00310. The molecule has 0 heterocycles. The molecule has 3 heteroatoms. The minimum Gasteiger partial charge on any atom is -0.466 e. The first kappa shape index (κ1) is 10.5. The van der Waals surface area contributed by atoms with E-state index in [1.165, 1.54) is 0 Å². The number of hydrogen-bond acceptors (Lipinski definition) is 3. The Hall–Kier alpha value is -0.570. The first-order chi connectivity index (χ1) is 6.15. The average Bonchev–Trinajstić information content (AvgIpc) is 2.04. The summed E-state index contributed by atoms with van der Waals surface area (Å²) in [5.74, 6) is 0.160. The monoisotopic (exact) mass is 186 g/mol. The van der Waals surface area contributed by atoms with E-state index in [9.17, 15) is 9.90 Å². The van der Waals surface area contributed by atoms with Crippen molar-refractivity contribution in [2.75, 3.05) is 6.61 Å². The van der Waals surface area contributed by atoms with Crippen molar-refractivity contribution in [3.63, 3.8) is 0 Å². The molecule has 0 aromatic heterocycles. The highest BCUT2D eigenvalue weighted by molar-refractivity contribution is 5.72. The van der Waals surface area contributed by atoms with Crippen LogP contribution in [0.2, 0.25) is 0 Å². The van der Waals surface area contributed by atoms with Crippen molar-refractivity contribution in [1.82, 2.24) is 0 Å². The van der Waals surface area contributed by atoms with Crippen molar-refractivity contribution in [2.45, 2.75) is 39.2 Å². The number of esters is 1. The number of carbonyl (C=O) groups excluding carboxylic acids is 1. The van der Waals surface area contributed by atoms with Crippen molar-refractivity contribution in [3.8, 4) is 0 Å². The van der Waals surface area contributed by atoms with Gasteiger partial charge in [0.15, 0.2) is 0 Å². The van der Waals surface area contributed by atoms with Gasteiger partial charge in [-0.2, -0.15) is 0 Å². The van der Waals surface area contributed by atoms with E-state index >= 15 is 0 Å². The van der Waals surface area contributed by atoms with Gasteiger partial charge in [0.2, 0.25) is 0 Å². The molecule has 0 saturated heterocycles. The second-order valence-corrected chi connectivity index (χ2v) is 3.80. The number of carbonyl (C=O) groups is 1. The lowest BCUT2D eigenvalue weighted by Crippen LogP contribution is -2.32. The molecule has 0 amide bonds. The molecule has 0 aromatic rings. The van der Waals surface area contributed by atoms with E-state index in [1.807, 2.05) is 13.8 Å². The molecule has 0 spiro atoms. The quantitative estimate of drug-likeness (QED) is 0.662. The van der Waals surface area contributed by atoms with Crippen molar-refractivity contribution in [2.24, 2.45) is 11.8 Å². The van der Waals surface area contributed by atoms with Crippen LogP contribution in [-0.4, -0.2) is 23.8 Å². The topological polar surface area (TPSA) is 46.5 Å². The number of aliphatic hydroxyl groups is 1. The van der Waals surface area contributed by atoms with Gasteiger partial charge in [-0.15, -0.1) is 0 Å². The third-order valence-corrected chi connectivity index (χ3v) is 2.73. The van der Waals surface area contributed by atoms with Crippen molar-refractivity contribution < 1.29 is 14.6 Å². The lowest BCUT2D eigenvalue weighted by atomic mass is 9.79. The van der Waals surface area contributed by atoms with Crippen LogP contribution in [0.15, 0.2) is 0 Å². The van der Waals surface area contributed by atoms with Gasteiger partial charge in [0.25, 0.3) is 0 Å². The summed E-state index contributed by atoms with van der Waals surface area (Å²) in [4.78, 5) is 11.4. The zero-order valence-corrected chi connectivity index (χ0v) is 8.32. The summed E-state index contributed by atoms with van der Waals surface area (Å²) in [5, 5.41) is 9.36. The smallest absolute Gasteiger partial charge is 0.309 e. The molecule has 0 bridgehead atoms. The first-order valence-corrected chi connectivity index (χ1v) is 4.99. The van der Waals surface area contributed by atoms with Gasteiger partial charge in [-0.1, -0.05) is 6.92 Å². The molecular formula is C10H18O3. The second-order valence-electron chi connectivity index (χ2n) is 3.80. The van der Waals surface area contributed by atoms with Gasteiger partial charge in [-0.25, -0.2) is 0 Å². The second kappa shape index (κ2) is 4.61. The standard InChI is InChI=1S/C10H18O3/c1-3-13-10(12)9-5-4-8(11)6-7(9)2/h7-9,11H,3-6H2,1-2H3/t7?,8?,9-/m1/s1. The Labute approximate surface area is 79.1 Å². The Morgan fingerprint density at radius 2 is 2.23 bits per heavy atom. The largest absolute Gasteiger partial charge is 0.466 e. The summed E-state index contributed by atoms with van der Waals surface area (Å²) in [5.41, 5.74) is 0. The molecule has 0 radical (unpaired) electrons. The maximum atomic E-state index is 11.4. The van der Waals surface area contributed by atoms with Gasteiger partial charge in [0.1, 0.15) is 0 Å². The van der Waals surface area contributed by atoms with E-state index in [0.29, 0.717) is 6.61 Å². The predicted molar refractivity (Wildman–Crippen MR) is 49.1 cm³/mol. The Morgan fingerprint density at radius 3 is 2.77 bits per heavy atom. The molecule has 0 aliphatic heterocycles. The van der Waals surface area contributed by atoms with E-state index < -0.39 is 0 Å². The molecule has 1 saturated carbocycles. The van der Waals surface area contributed by atoms with Crippen LogP contribution in [-0.2, 0) is 9.53 Å². The Morgan fingerprint density at radius 1 is 1.54 bits per heavy atom. The highest BCUT2D eigenvalue weighted by Crippen LogP contribution is 2.30. The van der Waals surface area contributed by atoms with Gasteiger partial charge in [0, 0.05) is 0 Å². The van der Waals surface area contributed by atoms with Crippen LogP contribution in [0.1, 0.15) is 33.1 Å². The Bertz CT molecular complexity index is 179. The fourth-order valence-corrected chi connectivity index (χ4v) is 1.97. The Kier molecular flexibility index (Phi) is 3.72. The molecule has 1 rings (SSSR count). The summed E-state index contributed by atoms with van der Waals surface area (Å²) in [7, 11) is 0. The van der Waals surface area contributed by atoms with E-state index in [1.54, 1.807) is 0 Å². The van der Waals surface area contributed by atoms with Gasteiger partial charge >= 0.3 is 5.97 Å². The molecule has 1 N–H and O–H groups in total. The van der Waals surface area contributed by atoms with Crippen LogP contribution < -0.4 is 0 Å². The zero-order chi connectivity index (χ0) is 9.84. The van der Waals surface area contributed by atoms with Crippen LogP contribution >= 0.6 is 0 Å². The summed E-state index contributed by atoms with van der Waals surface area (Å²) in [6.07, 6.45) is 2.00. The maximum absolute atomic E-state index is 11.4. The normalized spacial score (nSPS) is 34.2. The molecule has 0 aromatic carbocycles. The Balaban J connectivity index is 2.45. The van der Waals surface area contributed by atoms with Gasteiger partial charge < -0.3 is 9.84 Å². The maximum Gasteiger partial charge on any atom is 0.309 e. The summed E-state index contributed by atoms with van der Waals surface area (Å²) >= 11 is 0. The average molecular weight is 186 g/mol. The third kappa shape index (κ3) is 2.69. The van der Waals surface area contributed by atoms with Crippen LogP contribution in [0.5, 0.6) is 0 Å². The molecule has 13 heavy (non-hydrogen) atoms. The summed E-state index contributed by atoms with van der Waals surface area (Å²) < 4.78 is 4.97. The van der Waals surface area contributed by atoms with Crippen LogP contribution in [0.3, 0.4) is 0 Å². The van der Waals surface area contributed by atoms with E-state index in [4.69, 9.17) is 4.74 Å². The zero-order valence-electron chi connectivity index (χ0n) is 8.32. The first-order valence-electron chi connectivity index (χ1n) is 4.99. The van der Waals surface area contributed by atoms with Gasteiger partial charge in [-0.3, -0.25) is 4.79 Å². The number of ether oxygens (including phenoxy) is 1. The van der Waals surface area contributed by atoms with Crippen LogP contribution in [0, 0.1) is 11.8 Å². The van der Waals surface area contributed by atoms with E-state index in [2.05, 4.69) is 0 Å². The summed E-state index contributed by atoms with van der Waals surface area (Å²) in [6, 6.07) is 0. The predicted octanol–water partition coefficient (Wildman–Crippen LogP) is 1.35. The van der Waals surface area contributed by atoms with Crippen molar-refractivity contribution in [1.29, 1.82) is 0 Å². The molecular weight excluding hydrogens is 168 g/mol. The number of aliphatic hydroxyl groups excluding tert-OH is 1. The van der Waals surface area contributed by atoms with Crippen molar-refractivity contribution >= 4 is 5.97 Å². The SMILES string of the molecule is CCOC(=O)[C@@H]1CCC(O)CC1C. The minimum atomic E-state index is -0.222. The van der Waals surface area contributed by atoms with Crippen LogP contribution in [0.25, 0.3) is 0 Å². The van der Waals surface area contributed by atoms with Gasteiger partial charge in [-0.05, 0) is 32.1 Å². The van der Waals surface area contributed by atoms with E-state index in [0.717, 1.165) is 19.3 Å². The number of rotatable bonds is 2. The lowest BCUT2D eigenvalue weighted by Gasteiger charge is -2.29. The fourth-order valence-electron chi connectivity index (χ4n) is 1.97. The highest BCUT2D eigenvalue weighted by atomic mass is 16.5. The molecule has 2 unspecified atom stereocenters. The number of hydrogen-bond donors (Lipinski definition) is 1. The molecule has 3 nitrogen and oxygen atoms in total.